The van der Waals surface area contributed by atoms with E-state index in [4.69, 9.17) is 0 Å². The van der Waals surface area contributed by atoms with Crippen molar-refractivity contribution in [3.05, 3.63) is 47.5 Å². The van der Waals surface area contributed by atoms with Crippen LogP contribution in [0.5, 0.6) is 0 Å². The Labute approximate surface area is 354 Å². The Morgan fingerprint density at radius 1 is 0.709 bits per heavy atom. The summed E-state index contributed by atoms with van der Waals surface area (Å²) >= 11 is 0. The summed E-state index contributed by atoms with van der Waals surface area (Å²) in [6.45, 7) is 18.8. The van der Waals surface area contributed by atoms with Gasteiger partial charge in [-0.15, -0.1) is 9.24 Å². The summed E-state index contributed by atoms with van der Waals surface area (Å²) in [6.07, 6.45) is 29.1. The van der Waals surface area contributed by atoms with E-state index in [2.05, 4.69) is 65.2 Å². The number of hydrogen-bond donors (Lipinski definition) is 2. The van der Waals surface area contributed by atoms with Gasteiger partial charge in [-0.1, -0.05) is 60.0 Å². The Balaban J connectivity index is 0.000000661. The van der Waals surface area contributed by atoms with Gasteiger partial charge in [0.25, 0.3) is 0 Å². The molecule has 10 aliphatic rings. The third-order valence-corrected chi connectivity index (χ3v) is 26.5. The zero-order chi connectivity index (χ0) is 37.5. The standard InChI is InChI=1S/C43H73N2P2Si2.C5H5.Fe/c1-48(2,3)37-21-36(43(46,38-11-7-9-13-44-38)39-12-8-10-14-45-39)35(40(37)49(4,5)6)28-47(41-22-29-15-30(23-41)17-31(16-29)24-41)42-25-32-18-33(26-42)20-34(19-32)27-42;1-2-4-5-3-1;/h21,29-34,38-39,44-45H,7-20,22-28,46H2,1-6H3;1-5H;/q2*-1;+2. The van der Waals surface area contributed by atoms with Crippen LogP contribution >= 0.6 is 17.2 Å². The van der Waals surface area contributed by atoms with Crippen LogP contribution in [0.25, 0.3) is 0 Å². The zero-order valence-electron chi connectivity index (χ0n) is 35.8. The molecule has 0 aromatic heterocycles. The minimum absolute atomic E-state index is 0. The molecule has 3 atom stereocenters. The zero-order valence-corrected chi connectivity index (χ0v) is 41.0. The molecule has 10 fully saturated rings. The Morgan fingerprint density at radius 2 is 1.13 bits per heavy atom. The van der Waals surface area contributed by atoms with E-state index in [0.717, 1.165) is 35.5 Å². The molecule has 2 nitrogen and oxygen atoms in total. The van der Waals surface area contributed by atoms with E-state index < -0.39 is 16.1 Å². The Morgan fingerprint density at radius 3 is 1.44 bits per heavy atom. The fourth-order valence-electron chi connectivity index (χ4n) is 15.8. The van der Waals surface area contributed by atoms with Crippen LogP contribution in [0, 0.1) is 35.5 Å². The summed E-state index contributed by atoms with van der Waals surface area (Å²) < 4.78 is 0. The topological polar surface area (TPSA) is 24.1 Å². The van der Waals surface area contributed by atoms with E-state index in [9.17, 15) is 0 Å². The molecule has 12 rings (SSSR count). The van der Waals surface area contributed by atoms with Crippen molar-refractivity contribution >= 4 is 43.7 Å². The second-order valence-electron chi connectivity index (χ2n) is 23.1. The molecular weight excluding hydrogens is 779 g/mol. The van der Waals surface area contributed by atoms with Gasteiger partial charge in [-0.2, -0.15) is 39.7 Å². The molecule has 2 aromatic rings. The summed E-state index contributed by atoms with van der Waals surface area (Å²) in [5, 5.41) is 13.8. The van der Waals surface area contributed by atoms with Crippen LogP contribution in [0.1, 0.15) is 127 Å². The first kappa shape index (κ1) is 42.1. The first-order chi connectivity index (χ1) is 25.8. The molecule has 0 spiro atoms. The smallest absolute Gasteiger partial charge is 0.314 e. The normalized spacial score (nSPS) is 39.5. The van der Waals surface area contributed by atoms with Crippen LogP contribution in [-0.2, 0) is 28.4 Å². The molecule has 2 saturated heterocycles. The molecule has 306 valence electrons. The monoisotopic (exact) mass is 856 g/mol. The van der Waals surface area contributed by atoms with Gasteiger partial charge in [0.2, 0.25) is 0 Å². The van der Waals surface area contributed by atoms with Crippen LogP contribution in [-0.4, -0.2) is 51.6 Å². The van der Waals surface area contributed by atoms with E-state index >= 15 is 0 Å². The van der Waals surface area contributed by atoms with Crippen LogP contribution in [0.15, 0.2) is 36.4 Å². The molecule has 3 unspecified atom stereocenters. The Kier molecular flexibility index (Phi) is 12.3. The predicted octanol–water partition coefficient (Wildman–Crippen LogP) is 11.2. The second-order valence-corrected chi connectivity index (χ2v) is 37.2. The second kappa shape index (κ2) is 16.0. The average molecular weight is 857 g/mol. The van der Waals surface area contributed by atoms with E-state index in [1.54, 1.807) is 77.0 Å². The van der Waals surface area contributed by atoms with Crippen molar-refractivity contribution in [2.45, 2.75) is 189 Å². The first-order valence-electron chi connectivity index (χ1n) is 23.3. The van der Waals surface area contributed by atoms with Gasteiger partial charge < -0.3 is 10.6 Å². The van der Waals surface area contributed by atoms with Crippen LogP contribution in [0.2, 0.25) is 39.3 Å². The third-order valence-electron chi connectivity index (χ3n) is 17.0. The predicted molar refractivity (Wildman–Crippen MR) is 245 cm³/mol. The van der Waals surface area contributed by atoms with Gasteiger partial charge in [-0.05, 0) is 173 Å². The van der Waals surface area contributed by atoms with E-state index in [1.165, 1.54) is 57.8 Å². The minimum atomic E-state index is -1.64. The van der Waals surface area contributed by atoms with Gasteiger partial charge in [0, 0.05) is 20.2 Å². The molecule has 2 aromatic carbocycles. The van der Waals surface area contributed by atoms with Gasteiger partial charge in [0.15, 0.2) is 0 Å². The number of rotatable bonds is 9. The maximum Gasteiger partial charge on any atom is 2.00 e. The molecule has 2 aliphatic heterocycles. The fraction of sp³-hybridized carbons (Fsp3) is 0.792. The summed E-state index contributed by atoms with van der Waals surface area (Å²) in [6, 6.07) is 14.1. The SMILES string of the molecule is C[Si](C)(C)c1cc(C(P)(C2CCCCN2)C2CCCCN2)c(CP(C23CC4CC(CC(C4)C2)C3)C23CC4CC(CC(C4)C2)C3)[c-]1[Si](C)(C)C.[Fe+2].c1cc[cH-]c1. The largest absolute Gasteiger partial charge is 2.00 e. The van der Waals surface area contributed by atoms with Crippen LogP contribution in [0.4, 0.5) is 0 Å². The van der Waals surface area contributed by atoms with Gasteiger partial charge in [-0.25, -0.2) is 18.2 Å². The van der Waals surface area contributed by atoms with Gasteiger partial charge >= 0.3 is 17.1 Å². The molecule has 7 heteroatoms. The molecule has 8 saturated carbocycles. The molecule has 8 aliphatic carbocycles. The quantitative estimate of drug-likeness (QED) is 0.149. The van der Waals surface area contributed by atoms with Crippen LogP contribution in [0.3, 0.4) is 0 Å². The average Bonchev–Trinajstić information content (AvgIpc) is 3.83. The molecule has 8 bridgehead atoms. The third kappa shape index (κ3) is 7.92. The fourth-order valence-corrected chi connectivity index (χ4v) is 27.8. The minimum Gasteiger partial charge on any atom is -0.314 e. The maximum atomic E-state index is 4.23. The van der Waals surface area contributed by atoms with E-state index in [0.29, 0.717) is 22.4 Å². The Hall–Kier alpha value is 0.433. The number of nitrogens with one attached hydrogen (secondary N) is 2. The summed E-state index contributed by atoms with van der Waals surface area (Å²) in [4.78, 5) is 0. The van der Waals surface area contributed by atoms with Crippen molar-refractivity contribution in [1.82, 2.24) is 10.6 Å². The number of hydrogen-bond acceptors (Lipinski definition) is 2. The van der Waals surface area contributed by atoms with Crippen molar-refractivity contribution in [1.29, 1.82) is 0 Å². The molecule has 55 heavy (non-hydrogen) atoms. The number of piperidine rings is 2. The van der Waals surface area contributed by atoms with Crippen molar-refractivity contribution < 1.29 is 17.1 Å². The molecule has 0 amide bonds. The van der Waals surface area contributed by atoms with E-state index in [1.807, 2.05) is 51.8 Å². The molecule has 0 radical (unpaired) electrons. The van der Waals surface area contributed by atoms with Gasteiger partial charge in [0.05, 0.1) is 8.07 Å². The maximum absolute atomic E-state index is 4.23. The molecule has 2 heterocycles. The summed E-state index contributed by atoms with van der Waals surface area (Å²) in [5.74, 6) is 6.40. The van der Waals surface area contributed by atoms with E-state index in [-0.39, 0.29) is 30.1 Å². The van der Waals surface area contributed by atoms with Gasteiger partial charge in [0.1, 0.15) is 0 Å². The Bertz CT molecular complexity index is 1440. The molecule has 2 N–H and O–H groups in total. The first-order valence-corrected chi connectivity index (χ1v) is 32.4. The summed E-state index contributed by atoms with van der Waals surface area (Å²) in [7, 11) is 0.431. The van der Waals surface area contributed by atoms with Crippen molar-refractivity contribution in [2.24, 2.45) is 35.5 Å². The van der Waals surface area contributed by atoms with Crippen LogP contribution < -0.4 is 21.0 Å². The molecular formula is C48H78FeN2P2Si2. The van der Waals surface area contributed by atoms with Crippen molar-refractivity contribution in [2.75, 3.05) is 13.1 Å². The summed E-state index contributed by atoms with van der Waals surface area (Å²) in [5.41, 5.74) is 3.84. The van der Waals surface area contributed by atoms with Crippen molar-refractivity contribution in [3.8, 4) is 0 Å². The van der Waals surface area contributed by atoms with Gasteiger partial charge in [-0.3, -0.25) is 0 Å². The van der Waals surface area contributed by atoms with Crippen molar-refractivity contribution in [3.63, 3.8) is 0 Å².